The topological polar surface area (TPSA) is 64.2 Å². The zero-order valence-electron chi connectivity index (χ0n) is 17.2. The molecule has 30 heavy (non-hydrogen) atoms. The van der Waals surface area contributed by atoms with Crippen LogP contribution in [0.25, 0.3) is 0 Å². The molecule has 3 heterocycles. The van der Waals surface area contributed by atoms with Gasteiger partial charge in [-0.2, -0.15) is 0 Å². The summed E-state index contributed by atoms with van der Waals surface area (Å²) in [5.41, 5.74) is 9.95. The number of nitrogens with zero attached hydrogens (tertiary/aromatic N) is 3. The van der Waals surface area contributed by atoms with Gasteiger partial charge in [0.1, 0.15) is 0 Å². The van der Waals surface area contributed by atoms with Crippen molar-refractivity contribution in [2.45, 2.75) is 56.8 Å². The van der Waals surface area contributed by atoms with Crippen LogP contribution in [0.2, 0.25) is 0 Å². The van der Waals surface area contributed by atoms with E-state index in [4.69, 9.17) is 5.73 Å². The van der Waals surface area contributed by atoms with Crippen LogP contribution >= 0.6 is 0 Å². The van der Waals surface area contributed by atoms with E-state index in [2.05, 4.69) is 50.8 Å². The average molecular weight is 401 g/mol. The summed E-state index contributed by atoms with van der Waals surface area (Å²) < 4.78 is 2.27. The van der Waals surface area contributed by atoms with Crippen molar-refractivity contribution in [3.63, 3.8) is 0 Å². The number of piperidine rings is 1. The predicted molar refractivity (Wildman–Crippen MR) is 117 cm³/mol. The van der Waals surface area contributed by atoms with Crippen LogP contribution in [-0.2, 0) is 13.1 Å². The number of aromatic nitrogens is 2. The number of carbonyl (C=O) groups is 1. The van der Waals surface area contributed by atoms with E-state index in [1.165, 1.54) is 29.7 Å². The van der Waals surface area contributed by atoms with Gasteiger partial charge in [0.15, 0.2) is 0 Å². The molecule has 154 valence electrons. The molecule has 0 spiro atoms. The molecular formula is C25H28N4O. The summed E-state index contributed by atoms with van der Waals surface area (Å²) in [6, 6.07) is 19.7. The number of imidazole rings is 1. The quantitative estimate of drug-likeness (QED) is 0.682. The molecule has 3 atom stereocenters. The second kappa shape index (κ2) is 8.07. The van der Waals surface area contributed by atoms with Crippen LogP contribution in [0.15, 0.2) is 67.1 Å². The predicted octanol–water partition coefficient (Wildman–Crippen LogP) is 3.94. The van der Waals surface area contributed by atoms with Gasteiger partial charge in [-0.25, -0.2) is 4.98 Å². The van der Waals surface area contributed by atoms with Crippen molar-refractivity contribution in [2.75, 3.05) is 0 Å². The summed E-state index contributed by atoms with van der Waals surface area (Å²) in [5.74, 6) is 0.163. The van der Waals surface area contributed by atoms with Crippen LogP contribution < -0.4 is 5.73 Å². The van der Waals surface area contributed by atoms with Crippen LogP contribution in [-0.4, -0.2) is 32.4 Å². The first-order chi connectivity index (χ1) is 14.7. The fourth-order valence-electron chi connectivity index (χ4n) is 5.34. The third-order valence-corrected chi connectivity index (χ3v) is 6.87. The van der Waals surface area contributed by atoms with Gasteiger partial charge in [0.25, 0.3) is 0 Å². The van der Waals surface area contributed by atoms with Gasteiger partial charge in [-0.05, 0) is 54.9 Å². The largest absolute Gasteiger partial charge is 0.366 e. The number of nitrogens with two attached hydrogens (primary N) is 1. The van der Waals surface area contributed by atoms with Crippen molar-refractivity contribution in [1.29, 1.82) is 0 Å². The number of fused-ring (bicyclic) bond motifs is 2. The number of rotatable bonds is 6. The highest BCUT2D eigenvalue weighted by Crippen LogP contribution is 2.43. The Labute approximate surface area is 177 Å². The van der Waals surface area contributed by atoms with Crippen molar-refractivity contribution < 1.29 is 4.79 Å². The monoisotopic (exact) mass is 400 g/mol. The average Bonchev–Trinajstić information content (AvgIpc) is 3.28. The molecule has 2 fully saturated rings. The first-order valence-electron chi connectivity index (χ1n) is 10.9. The first-order valence-corrected chi connectivity index (χ1v) is 10.9. The van der Waals surface area contributed by atoms with Crippen molar-refractivity contribution >= 4 is 5.91 Å². The van der Waals surface area contributed by atoms with E-state index in [1.54, 1.807) is 0 Å². The van der Waals surface area contributed by atoms with E-state index in [0.29, 0.717) is 23.6 Å². The molecule has 2 aromatic carbocycles. The lowest BCUT2D eigenvalue weighted by Gasteiger charge is -2.39. The number of hydrogen-bond acceptors (Lipinski definition) is 3. The lowest BCUT2D eigenvalue weighted by Crippen LogP contribution is -2.42. The maximum Gasteiger partial charge on any atom is 0.248 e. The Bertz CT molecular complexity index is 1010. The van der Waals surface area contributed by atoms with Gasteiger partial charge < -0.3 is 10.3 Å². The Morgan fingerprint density at radius 3 is 2.50 bits per heavy atom. The van der Waals surface area contributed by atoms with Gasteiger partial charge in [0, 0.05) is 36.9 Å². The highest BCUT2D eigenvalue weighted by molar-refractivity contribution is 5.92. The summed E-state index contributed by atoms with van der Waals surface area (Å²) in [7, 11) is 0. The van der Waals surface area contributed by atoms with Crippen LogP contribution in [0.4, 0.5) is 0 Å². The molecule has 3 aromatic rings. The molecule has 2 bridgehead atoms. The highest BCUT2D eigenvalue weighted by atomic mass is 16.1. The van der Waals surface area contributed by atoms with Crippen molar-refractivity contribution in [1.82, 2.24) is 14.5 Å². The van der Waals surface area contributed by atoms with Crippen molar-refractivity contribution in [2.24, 2.45) is 5.73 Å². The number of benzene rings is 2. The normalized spacial score (nSPS) is 23.5. The third kappa shape index (κ3) is 3.77. The lowest BCUT2D eigenvalue weighted by molar-refractivity contribution is 0.0999. The minimum absolute atomic E-state index is 0.344. The van der Waals surface area contributed by atoms with E-state index in [-0.39, 0.29) is 5.91 Å². The molecule has 0 unspecified atom stereocenters. The molecule has 2 aliphatic rings. The van der Waals surface area contributed by atoms with E-state index < -0.39 is 0 Å². The highest BCUT2D eigenvalue weighted by Gasteiger charge is 2.41. The first kappa shape index (κ1) is 19.1. The number of primary amides is 1. The van der Waals surface area contributed by atoms with Crippen LogP contribution in [0.1, 0.15) is 58.8 Å². The zero-order valence-corrected chi connectivity index (χ0v) is 17.2. The lowest BCUT2D eigenvalue weighted by atomic mass is 9.84. The summed E-state index contributed by atoms with van der Waals surface area (Å²) in [6.45, 7) is 1.82. The third-order valence-electron chi connectivity index (χ3n) is 6.87. The van der Waals surface area contributed by atoms with Gasteiger partial charge in [-0.3, -0.25) is 9.69 Å². The van der Waals surface area contributed by atoms with Gasteiger partial charge in [0.2, 0.25) is 5.91 Å². The van der Waals surface area contributed by atoms with E-state index in [1.807, 2.05) is 30.7 Å². The van der Waals surface area contributed by atoms with Crippen molar-refractivity contribution in [3.8, 4) is 0 Å². The molecule has 5 heteroatoms. The summed E-state index contributed by atoms with van der Waals surface area (Å²) >= 11 is 0. The van der Waals surface area contributed by atoms with Crippen LogP contribution in [0.5, 0.6) is 0 Å². The Morgan fingerprint density at radius 1 is 1.00 bits per heavy atom. The molecule has 5 nitrogen and oxygen atoms in total. The maximum absolute atomic E-state index is 11.6. The number of hydrogen-bond donors (Lipinski definition) is 1. The summed E-state index contributed by atoms with van der Waals surface area (Å²) in [5, 5.41) is 0. The Balaban J connectivity index is 1.29. The van der Waals surface area contributed by atoms with E-state index >= 15 is 0 Å². The van der Waals surface area contributed by atoms with Gasteiger partial charge in [0.05, 0.1) is 12.0 Å². The smallest absolute Gasteiger partial charge is 0.248 e. The Kier molecular flexibility index (Phi) is 5.13. The molecule has 5 rings (SSSR count). The molecule has 0 aliphatic carbocycles. The Hall–Kier alpha value is -2.92. The fourth-order valence-corrected chi connectivity index (χ4v) is 5.34. The van der Waals surface area contributed by atoms with E-state index in [9.17, 15) is 4.79 Å². The SMILES string of the molecule is NC(=O)c1cccc([C@H]2C[C@H]3CC[C@@H](C2)N3Cc2cncn2Cc2ccccc2)c1. The minimum atomic E-state index is -0.344. The standard InChI is InChI=1S/C25H28N4O/c26-25(30)20-8-4-7-19(11-20)21-12-22-9-10-23(13-21)29(22)16-24-14-27-17-28(24)15-18-5-2-1-3-6-18/h1-8,11,14,17,21-23H,9-10,12-13,15-16H2,(H2,26,30)/t21-,22+,23-. The molecule has 1 amide bonds. The van der Waals surface area contributed by atoms with Gasteiger partial charge in [-0.15, -0.1) is 0 Å². The second-order valence-electron chi connectivity index (χ2n) is 8.71. The van der Waals surface area contributed by atoms with Crippen LogP contribution in [0.3, 0.4) is 0 Å². The van der Waals surface area contributed by atoms with E-state index in [0.717, 1.165) is 25.9 Å². The van der Waals surface area contributed by atoms with Gasteiger partial charge in [-0.1, -0.05) is 42.5 Å². The summed E-state index contributed by atoms with van der Waals surface area (Å²) in [6.07, 6.45) is 8.77. The fraction of sp³-hybridized carbons (Fsp3) is 0.360. The molecule has 0 saturated carbocycles. The molecule has 0 radical (unpaired) electrons. The number of amides is 1. The van der Waals surface area contributed by atoms with Gasteiger partial charge >= 0.3 is 0 Å². The van der Waals surface area contributed by atoms with Crippen LogP contribution in [0, 0.1) is 0 Å². The molecule has 2 saturated heterocycles. The Morgan fingerprint density at radius 2 is 1.77 bits per heavy atom. The molecule has 2 N–H and O–H groups in total. The minimum Gasteiger partial charge on any atom is -0.366 e. The molecule has 2 aliphatic heterocycles. The zero-order chi connectivity index (χ0) is 20.5. The molecule has 1 aromatic heterocycles. The maximum atomic E-state index is 11.6. The number of carbonyl (C=O) groups excluding carboxylic acids is 1. The molecular weight excluding hydrogens is 372 g/mol. The second-order valence-corrected chi connectivity index (χ2v) is 8.71. The summed E-state index contributed by atoms with van der Waals surface area (Å²) in [4.78, 5) is 18.7. The van der Waals surface area contributed by atoms with Crippen molar-refractivity contribution in [3.05, 3.63) is 89.5 Å².